The highest BCUT2D eigenvalue weighted by atomic mass is 14.9. The fourth-order valence-electron chi connectivity index (χ4n) is 4.24. The Morgan fingerprint density at radius 1 is 1.05 bits per heavy atom. The minimum atomic E-state index is 0.492. The van der Waals surface area contributed by atoms with Crippen LogP contribution in [0.5, 0.6) is 0 Å². The average Bonchev–Trinajstić information content (AvgIpc) is 2.40. The first-order valence-electron chi connectivity index (χ1n) is 9.14. The number of hydrogen-bond donors (Lipinski definition) is 1. The Bertz CT molecular complexity index is 249. The Labute approximate surface area is 128 Å². The van der Waals surface area contributed by atoms with Crippen molar-refractivity contribution >= 4 is 0 Å². The van der Waals surface area contributed by atoms with E-state index in [0.717, 1.165) is 23.7 Å². The van der Waals surface area contributed by atoms with E-state index >= 15 is 0 Å². The predicted molar refractivity (Wildman–Crippen MR) is 91.0 cm³/mol. The fourth-order valence-corrected chi connectivity index (χ4v) is 4.24. The Morgan fingerprint density at radius 2 is 1.70 bits per heavy atom. The molecule has 0 aromatic rings. The van der Waals surface area contributed by atoms with E-state index in [1.165, 1.54) is 51.6 Å². The van der Waals surface area contributed by atoms with Crippen molar-refractivity contribution in [2.24, 2.45) is 29.1 Å². The summed E-state index contributed by atoms with van der Waals surface area (Å²) in [6.45, 7) is 16.8. The minimum absolute atomic E-state index is 0.492. The summed E-state index contributed by atoms with van der Waals surface area (Å²) >= 11 is 0. The van der Waals surface area contributed by atoms with Gasteiger partial charge in [0.05, 0.1) is 0 Å². The Morgan fingerprint density at radius 3 is 2.20 bits per heavy atom. The second-order valence-corrected chi connectivity index (χ2v) is 8.08. The van der Waals surface area contributed by atoms with Gasteiger partial charge in [0.25, 0.3) is 0 Å². The zero-order valence-electron chi connectivity index (χ0n) is 15.0. The third-order valence-corrected chi connectivity index (χ3v) is 5.76. The normalized spacial score (nSPS) is 28.1. The molecule has 0 aliphatic heterocycles. The molecular formula is C19H39N. The second kappa shape index (κ2) is 8.41. The molecule has 1 rings (SSSR count). The van der Waals surface area contributed by atoms with Crippen LogP contribution in [0.3, 0.4) is 0 Å². The minimum Gasteiger partial charge on any atom is -0.316 e. The van der Waals surface area contributed by atoms with Crippen LogP contribution >= 0.6 is 0 Å². The van der Waals surface area contributed by atoms with Gasteiger partial charge in [-0.25, -0.2) is 0 Å². The Balaban J connectivity index is 2.69. The molecule has 1 saturated carbocycles. The van der Waals surface area contributed by atoms with Crippen molar-refractivity contribution in [3.8, 4) is 0 Å². The average molecular weight is 282 g/mol. The molecule has 0 aromatic heterocycles. The van der Waals surface area contributed by atoms with Gasteiger partial charge in [-0.2, -0.15) is 0 Å². The highest BCUT2D eigenvalue weighted by molar-refractivity contribution is 4.89. The van der Waals surface area contributed by atoms with Crippen LogP contribution < -0.4 is 5.32 Å². The molecule has 0 bridgehead atoms. The van der Waals surface area contributed by atoms with Gasteiger partial charge in [0.2, 0.25) is 0 Å². The van der Waals surface area contributed by atoms with Gasteiger partial charge in [-0.05, 0) is 67.9 Å². The largest absolute Gasteiger partial charge is 0.316 e. The first-order chi connectivity index (χ1) is 9.43. The van der Waals surface area contributed by atoms with Crippen LogP contribution in [0.15, 0.2) is 0 Å². The Hall–Kier alpha value is -0.0400. The topological polar surface area (TPSA) is 12.0 Å². The van der Waals surface area contributed by atoms with Gasteiger partial charge >= 0.3 is 0 Å². The zero-order valence-corrected chi connectivity index (χ0v) is 15.0. The van der Waals surface area contributed by atoms with Crippen LogP contribution in [0.1, 0.15) is 80.1 Å². The first-order valence-corrected chi connectivity index (χ1v) is 9.14. The van der Waals surface area contributed by atoms with Gasteiger partial charge in [0.1, 0.15) is 0 Å². The van der Waals surface area contributed by atoms with Crippen molar-refractivity contribution in [1.29, 1.82) is 0 Å². The summed E-state index contributed by atoms with van der Waals surface area (Å²) in [6.07, 6.45) is 8.34. The smallest absolute Gasteiger partial charge is 0.00178 e. The van der Waals surface area contributed by atoms with Crippen LogP contribution in [-0.2, 0) is 0 Å². The molecule has 1 aliphatic rings. The van der Waals surface area contributed by atoms with Gasteiger partial charge in [-0.15, -0.1) is 0 Å². The molecule has 0 amide bonds. The van der Waals surface area contributed by atoms with Gasteiger partial charge < -0.3 is 5.32 Å². The lowest BCUT2D eigenvalue weighted by Crippen LogP contribution is -2.39. The van der Waals surface area contributed by atoms with Crippen LogP contribution in [0, 0.1) is 29.1 Å². The van der Waals surface area contributed by atoms with E-state index in [0.29, 0.717) is 5.41 Å². The van der Waals surface area contributed by atoms with E-state index in [-0.39, 0.29) is 0 Å². The zero-order chi connectivity index (χ0) is 15.2. The molecule has 0 spiro atoms. The molecule has 1 fully saturated rings. The van der Waals surface area contributed by atoms with Gasteiger partial charge in [-0.1, -0.05) is 54.4 Å². The van der Waals surface area contributed by atoms with Gasteiger partial charge in [0, 0.05) is 0 Å². The summed E-state index contributed by atoms with van der Waals surface area (Å²) in [5.41, 5.74) is 0.492. The molecule has 20 heavy (non-hydrogen) atoms. The summed E-state index contributed by atoms with van der Waals surface area (Å²) in [5.74, 6) is 3.74. The quantitative estimate of drug-likeness (QED) is 0.607. The van der Waals surface area contributed by atoms with E-state index in [1.54, 1.807) is 0 Å². The van der Waals surface area contributed by atoms with Crippen LogP contribution in [0.25, 0.3) is 0 Å². The molecule has 1 N–H and O–H groups in total. The monoisotopic (exact) mass is 281 g/mol. The van der Waals surface area contributed by atoms with Gasteiger partial charge in [-0.3, -0.25) is 0 Å². The second-order valence-electron chi connectivity index (χ2n) is 8.08. The third kappa shape index (κ3) is 5.06. The Kier molecular flexibility index (Phi) is 7.58. The SMILES string of the molecule is CCCNCC1CCC(C(C)(C)C)CC1C(CC)CC. The molecule has 0 aromatic carbocycles. The number of rotatable bonds is 7. The van der Waals surface area contributed by atoms with Crippen molar-refractivity contribution in [3.63, 3.8) is 0 Å². The molecule has 0 saturated heterocycles. The molecular weight excluding hydrogens is 242 g/mol. The molecule has 120 valence electrons. The molecule has 0 heterocycles. The third-order valence-electron chi connectivity index (χ3n) is 5.76. The lowest BCUT2D eigenvalue weighted by atomic mass is 9.61. The first kappa shape index (κ1) is 18.0. The molecule has 0 radical (unpaired) electrons. The highest BCUT2D eigenvalue weighted by Gasteiger charge is 2.38. The maximum atomic E-state index is 3.69. The maximum absolute atomic E-state index is 3.69. The molecule has 3 unspecified atom stereocenters. The van der Waals surface area contributed by atoms with Crippen molar-refractivity contribution in [2.45, 2.75) is 80.1 Å². The van der Waals surface area contributed by atoms with Crippen LogP contribution in [0.2, 0.25) is 0 Å². The van der Waals surface area contributed by atoms with Crippen molar-refractivity contribution in [2.75, 3.05) is 13.1 Å². The van der Waals surface area contributed by atoms with Crippen LogP contribution in [-0.4, -0.2) is 13.1 Å². The summed E-state index contributed by atoms with van der Waals surface area (Å²) in [4.78, 5) is 0. The number of nitrogens with one attached hydrogen (secondary N) is 1. The van der Waals surface area contributed by atoms with E-state index in [1.807, 2.05) is 0 Å². The molecule has 1 aliphatic carbocycles. The van der Waals surface area contributed by atoms with Crippen LogP contribution in [0.4, 0.5) is 0 Å². The molecule has 1 nitrogen and oxygen atoms in total. The van der Waals surface area contributed by atoms with Crippen molar-refractivity contribution in [1.82, 2.24) is 5.32 Å². The summed E-state index contributed by atoms with van der Waals surface area (Å²) in [7, 11) is 0. The predicted octanol–water partition coefficient (Wildman–Crippen LogP) is 5.50. The fraction of sp³-hybridized carbons (Fsp3) is 1.00. The lowest BCUT2D eigenvalue weighted by Gasteiger charge is -2.45. The standard InChI is InChI=1S/C19H39N/c1-7-12-20-14-16-10-11-17(19(4,5)6)13-18(16)15(8-2)9-3/h15-18,20H,7-14H2,1-6H3. The van der Waals surface area contributed by atoms with E-state index in [4.69, 9.17) is 0 Å². The molecule has 1 heteroatoms. The van der Waals surface area contributed by atoms with E-state index in [2.05, 4.69) is 46.9 Å². The molecule has 3 atom stereocenters. The summed E-state index contributed by atoms with van der Waals surface area (Å²) in [5, 5.41) is 3.69. The van der Waals surface area contributed by atoms with E-state index in [9.17, 15) is 0 Å². The van der Waals surface area contributed by atoms with Crippen molar-refractivity contribution < 1.29 is 0 Å². The van der Waals surface area contributed by atoms with Gasteiger partial charge in [0.15, 0.2) is 0 Å². The summed E-state index contributed by atoms with van der Waals surface area (Å²) < 4.78 is 0. The lowest BCUT2D eigenvalue weighted by molar-refractivity contribution is 0.0606. The number of hydrogen-bond acceptors (Lipinski definition) is 1. The maximum Gasteiger partial charge on any atom is -0.00178 e. The highest BCUT2D eigenvalue weighted by Crippen LogP contribution is 2.46. The summed E-state index contributed by atoms with van der Waals surface area (Å²) in [6, 6.07) is 0. The van der Waals surface area contributed by atoms with Crippen molar-refractivity contribution in [3.05, 3.63) is 0 Å². The van der Waals surface area contributed by atoms with E-state index < -0.39 is 0 Å².